The van der Waals surface area contributed by atoms with E-state index < -0.39 is 15.9 Å². The Bertz CT molecular complexity index is 1400. The first-order valence-electron chi connectivity index (χ1n) is 9.54. The third-order valence-electron chi connectivity index (χ3n) is 4.69. The van der Waals surface area contributed by atoms with Crippen molar-refractivity contribution in [1.82, 2.24) is 5.43 Å². The van der Waals surface area contributed by atoms with Crippen LogP contribution in [0.25, 0.3) is 10.8 Å². The lowest BCUT2D eigenvalue weighted by Gasteiger charge is -2.11. The normalized spacial score (nSPS) is 11.5. The van der Waals surface area contributed by atoms with Gasteiger partial charge in [0.2, 0.25) is 0 Å². The van der Waals surface area contributed by atoms with Gasteiger partial charge in [-0.1, -0.05) is 48.5 Å². The number of benzene rings is 3. The molecule has 0 saturated carbocycles. The van der Waals surface area contributed by atoms with E-state index in [1.807, 2.05) is 36.4 Å². The molecule has 1 aromatic heterocycles. The van der Waals surface area contributed by atoms with Crippen LogP contribution in [0.5, 0.6) is 5.75 Å². The average Bonchev–Trinajstić information content (AvgIpc) is 3.35. The summed E-state index contributed by atoms with van der Waals surface area (Å²) in [5.74, 6) is 0.0655. The minimum absolute atomic E-state index is 0.148. The van der Waals surface area contributed by atoms with Crippen LogP contribution < -0.4 is 14.9 Å². The second-order valence-corrected chi connectivity index (χ2v) is 9.54. The first-order chi connectivity index (χ1) is 15.5. The summed E-state index contributed by atoms with van der Waals surface area (Å²) >= 11 is 1.09. The fourth-order valence-electron chi connectivity index (χ4n) is 3.18. The summed E-state index contributed by atoms with van der Waals surface area (Å²) in [7, 11) is -2.22. The molecule has 0 aliphatic heterocycles. The number of hydrazone groups is 1. The van der Waals surface area contributed by atoms with Gasteiger partial charge >= 0.3 is 0 Å². The zero-order valence-corrected chi connectivity index (χ0v) is 18.6. The van der Waals surface area contributed by atoms with Crippen LogP contribution in [0.1, 0.15) is 15.9 Å². The number of amides is 1. The number of nitrogens with one attached hydrogen (secondary N) is 2. The number of ether oxygens (including phenoxy) is 1. The first-order valence-corrected chi connectivity index (χ1v) is 11.9. The molecule has 4 rings (SSSR count). The predicted molar refractivity (Wildman–Crippen MR) is 127 cm³/mol. The van der Waals surface area contributed by atoms with Crippen molar-refractivity contribution in [2.45, 2.75) is 4.21 Å². The Morgan fingerprint density at radius 2 is 1.78 bits per heavy atom. The minimum atomic E-state index is -3.79. The maximum absolute atomic E-state index is 12.8. The molecule has 0 bridgehead atoms. The van der Waals surface area contributed by atoms with Gasteiger partial charge in [0.15, 0.2) is 0 Å². The standard InChI is InChI=1S/C23H19N3O4S2/c1-30-21-13-12-16-7-2-3-8-17(16)19(21)15-24-25-23(27)18-9-4-5-10-20(18)26-32(28,29)22-11-6-14-31-22/h2-15,26H,1H3,(H,25,27)/b24-15+. The number of anilines is 1. The first kappa shape index (κ1) is 21.5. The van der Waals surface area contributed by atoms with Gasteiger partial charge < -0.3 is 4.74 Å². The average molecular weight is 466 g/mol. The lowest BCUT2D eigenvalue weighted by Crippen LogP contribution is -2.21. The second kappa shape index (κ2) is 9.21. The Balaban J connectivity index is 1.58. The Morgan fingerprint density at radius 3 is 2.56 bits per heavy atom. The van der Waals surface area contributed by atoms with Crippen LogP contribution in [0, 0.1) is 0 Å². The van der Waals surface area contributed by atoms with E-state index in [1.165, 1.54) is 24.4 Å². The van der Waals surface area contributed by atoms with Crippen LogP contribution in [0.3, 0.4) is 0 Å². The highest BCUT2D eigenvalue weighted by atomic mass is 32.2. The maximum atomic E-state index is 12.8. The molecule has 32 heavy (non-hydrogen) atoms. The zero-order valence-electron chi connectivity index (χ0n) is 17.0. The SMILES string of the molecule is COc1ccc2ccccc2c1/C=N/NC(=O)c1ccccc1NS(=O)(=O)c1cccs1. The molecule has 1 amide bonds. The largest absolute Gasteiger partial charge is 0.496 e. The van der Waals surface area contributed by atoms with E-state index >= 15 is 0 Å². The van der Waals surface area contributed by atoms with Crippen LogP contribution in [0.15, 0.2) is 87.5 Å². The molecule has 0 unspecified atom stereocenters. The van der Waals surface area contributed by atoms with Crippen LogP contribution in [0.4, 0.5) is 5.69 Å². The third kappa shape index (κ3) is 4.48. The summed E-state index contributed by atoms with van der Waals surface area (Å²) < 4.78 is 33.2. The number of nitrogens with zero attached hydrogens (tertiary/aromatic N) is 1. The smallest absolute Gasteiger partial charge is 0.273 e. The summed E-state index contributed by atoms with van der Waals surface area (Å²) in [6, 6.07) is 21.0. The Labute approximate surface area is 189 Å². The molecule has 0 fully saturated rings. The van der Waals surface area contributed by atoms with E-state index in [2.05, 4.69) is 15.2 Å². The van der Waals surface area contributed by atoms with Crippen molar-refractivity contribution >= 4 is 49.9 Å². The summed E-state index contributed by atoms with van der Waals surface area (Å²) in [5, 5.41) is 7.69. The molecule has 0 aliphatic rings. The van der Waals surface area contributed by atoms with Gasteiger partial charge in [-0.25, -0.2) is 13.8 Å². The topological polar surface area (TPSA) is 96.9 Å². The highest BCUT2D eigenvalue weighted by Crippen LogP contribution is 2.26. The number of carbonyl (C=O) groups is 1. The molecule has 162 valence electrons. The molecule has 0 spiro atoms. The second-order valence-electron chi connectivity index (χ2n) is 6.68. The molecule has 2 N–H and O–H groups in total. The molecule has 4 aromatic rings. The van der Waals surface area contributed by atoms with Gasteiger partial charge in [0, 0.05) is 5.56 Å². The number of sulfonamides is 1. The fraction of sp³-hybridized carbons (Fsp3) is 0.0435. The van der Waals surface area contributed by atoms with Crippen molar-refractivity contribution in [3.8, 4) is 5.75 Å². The van der Waals surface area contributed by atoms with E-state index in [9.17, 15) is 13.2 Å². The van der Waals surface area contributed by atoms with E-state index in [0.717, 1.165) is 27.7 Å². The Hall–Kier alpha value is -3.69. The van der Waals surface area contributed by atoms with Crippen molar-refractivity contribution < 1.29 is 17.9 Å². The van der Waals surface area contributed by atoms with E-state index in [4.69, 9.17) is 4.74 Å². The number of fused-ring (bicyclic) bond motifs is 1. The third-order valence-corrected chi connectivity index (χ3v) is 7.45. The molecule has 3 aromatic carbocycles. The van der Waals surface area contributed by atoms with Crippen molar-refractivity contribution in [2.24, 2.45) is 5.10 Å². The summed E-state index contributed by atoms with van der Waals surface area (Å²) in [5.41, 5.74) is 3.50. The molecule has 7 nitrogen and oxygen atoms in total. The molecule has 9 heteroatoms. The molecule has 1 heterocycles. The zero-order chi connectivity index (χ0) is 22.6. The highest BCUT2D eigenvalue weighted by Gasteiger charge is 2.19. The van der Waals surface area contributed by atoms with Crippen LogP contribution >= 0.6 is 11.3 Å². The minimum Gasteiger partial charge on any atom is -0.496 e. The summed E-state index contributed by atoms with van der Waals surface area (Å²) in [4.78, 5) is 12.8. The molecule has 0 radical (unpaired) electrons. The van der Waals surface area contributed by atoms with Gasteiger partial charge in [-0.3, -0.25) is 9.52 Å². The van der Waals surface area contributed by atoms with Crippen molar-refractivity contribution in [3.63, 3.8) is 0 Å². The maximum Gasteiger partial charge on any atom is 0.273 e. The van der Waals surface area contributed by atoms with Gasteiger partial charge in [0.05, 0.1) is 24.6 Å². The number of para-hydroxylation sites is 1. The number of hydrogen-bond acceptors (Lipinski definition) is 6. The lowest BCUT2D eigenvalue weighted by molar-refractivity contribution is 0.0956. The summed E-state index contributed by atoms with van der Waals surface area (Å²) in [6.45, 7) is 0. The molecular formula is C23H19N3O4S2. The number of hydrogen-bond donors (Lipinski definition) is 2. The van der Waals surface area contributed by atoms with E-state index in [1.54, 1.807) is 30.7 Å². The number of rotatable bonds is 7. The van der Waals surface area contributed by atoms with Crippen LogP contribution in [-0.4, -0.2) is 27.6 Å². The van der Waals surface area contributed by atoms with Gasteiger partial charge in [-0.05, 0) is 40.4 Å². The highest BCUT2D eigenvalue weighted by molar-refractivity contribution is 7.94. The van der Waals surface area contributed by atoms with Crippen molar-refractivity contribution in [3.05, 3.63) is 89.3 Å². The molecule has 0 atom stereocenters. The van der Waals surface area contributed by atoms with Crippen LogP contribution in [-0.2, 0) is 10.0 Å². The van der Waals surface area contributed by atoms with Gasteiger partial charge in [0.25, 0.3) is 15.9 Å². The van der Waals surface area contributed by atoms with Crippen molar-refractivity contribution in [1.29, 1.82) is 0 Å². The quantitative estimate of drug-likeness (QED) is 0.311. The Kier molecular flexibility index (Phi) is 6.20. The monoisotopic (exact) mass is 465 g/mol. The van der Waals surface area contributed by atoms with Gasteiger partial charge in [0.1, 0.15) is 9.96 Å². The van der Waals surface area contributed by atoms with Gasteiger partial charge in [-0.15, -0.1) is 11.3 Å². The summed E-state index contributed by atoms with van der Waals surface area (Å²) in [6.07, 6.45) is 1.51. The number of methoxy groups -OCH3 is 1. The molecule has 0 saturated heterocycles. The Morgan fingerprint density at radius 1 is 1.00 bits per heavy atom. The number of carbonyl (C=O) groups excluding carboxylic acids is 1. The van der Waals surface area contributed by atoms with E-state index in [-0.39, 0.29) is 15.5 Å². The number of thiophene rings is 1. The van der Waals surface area contributed by atoms with Crippen molar-refractivity contribution in [2.75, 3.05) is 11.8 Å². The van der Waals surface area contributed by atoms with Crippen LogP contribution in [0.2, 0.25) is 0 Å². The molecule has 0 aliphatic carbocycles. The predicted octanol–water partition coefficient (Wildman–Crippen LogP) is 4.47. The fourth-order valence-corrected chi connectivity index (χ4v) is 5.26. The van der Waals surface area contributed by atoms with Gasteiger partial charge in [-0.2, -0.15) is 5.10 Å². The lowest BCUT2D eigenvalue weighted by atomic mass is 10.0. The molecular weight excluding hydrogens is 446 g/mol. The van der Waals surface area contributed by atoms with E-state index in [0.29, 0.717) is 5.75 Å².